The number of anilines is 1. The van der Waals surface area contributed by atoms with E-state index in [1.807, 2.05) is 6.07 Å². The van der Waals surface area contributed by atoms with Gasteiger partial charge in [0.05, 0.1) is 6.54 Å². The maximum Gasteiger partial charge on any atom is 0.191 e. The van der Waals surface area contributed by atoms with Gasteiger partial charge in [-0.3, -0.25) is 4.99 Å². The molecular weight excluding hydrogens is 353 g/mol. The Hall–Kier alpha value is -1.82. The maximum absolute atomic E-state index is 13.5. The Morgan fingerprint density at radius 1 is 1.21 bits per heavy atom. The van der Waals surface area contributed by atoms with Crippen molar-refractivity contribution >= 4 is 11.6 Å². The lowest BCUT2D eigenvalue weighted by Gasteiger charge is -2.34. The van der Waals surface area contributed by atoms with Crippen LogP contribution in [-0.4, -0.2) is 62.7 Å². The van der Waals surface area contributed by atoms with E-state index < -0.39 is 0 Å². The van der Waals surface area contributed by atoms with E-state index >= 15 is 0 Å². The van der Waals surface area contributed by atoms with Crippen molar-refractivity contribution in [3.05, 3.63) is 30.1 Å². The number of benzene rings is 1. The lowest BCUT2D eigenvalue weighted by molar-refractivity contribution is 0.252. The molecule has 2 aliphatic rings. The van der Waals surface area contributed by atoms with Crippen molar-refractivity contribution in [2.45, 2.75) is 57.5 Å². The van der Waals surface area contributed by atoms with Crippen LogP contribution in [0.2, 0.25) is 0 Å². The van der Waals surface area contributed by atoms with Crippen molar-refractivity contribution in [3.63, 3.8) is 0 Å². The van der Waals surface area contributed by atoms with Crippen LogP contribution in [0.3, 0.4) is 0 Å². The van der Waals surface area contributed by atoms with Gasteiger partial charge in [0.2, 0.25) is 0 Å². The summed E-state index contributed by atoms with van der Waals surface area (Å²) in [5.41, 5.74) is 0.981. The molecule has 0 aromatic heterocycles. The largest absolute Gasteiger partial charge is 0.371 e. The first-order valence-electron chi connectivity index (χ1n) is 10.9. The molecule has 1 aliphatic carbocycles. The molecule has 0 amide bonds. The van der Waals surface area contributed by atoms with Crippen LogP contribution >= 0.6 is 0 Å². The quantitative estimate of drug-likeness (QED) is 0.555. The van der Waals surface area contributed by atoms with E-state index in [1.165, 1.54) is 31.7 Å². The third kappa shape index (κ3) is 6.09. The zero-order chi connectivity index (χ0) is 19.8. The number of rotatable bonds is 7. The molecule has 1 heterocycles. The fourth-order valence-corrected chi connectivity index (χ4v) is 4.32. The third-order valence-corrected chi connectivity index (χ3v) is 6.02. The smallest absolute Gasteiger partial charge is 0.191 e. The summed E-state index contributed by atoms with van der Waals surface area (Å²) >= 11 is 0. The Balaban J connectivity index is 1.45. The zero-order valence-corrected chi connectivity index (χ0v) is 17.5. The Labute approximate surface area is 169 Å². The molecule has 156 valence electrons. The van der Waals surface area contributed by atoms with Gasteiger partial charge in [0.15, 0.2) is 5.96 Å². The molecule has 0 atom stereocenters. The van der Waals surface area contributed by atoms with Gasteiger partial charge in [-0.15, -0.1) is 0 Å². The Morgan fingerprint density at radius 3 is 2.64 bits per heavy atom. The minimum atomic E-state index is -0.165. The van der Waals surface area contributed by atoms with Gasteiger partial charge in [-0.2, -0.15) is 0 Å². The molecule has 6 heteroatoms. The van der Waals surface area contributed by atoms with Crippen molar-refractivity contribution in [2.75, 3.05) is 44.7 Å². The van der Waals surface area contributed by atoms with E-state index in [0.717, 1.165) is 63.3 Å². The minimum Gasteiger partial charge on any atom is -0.371 e. The molecule has 1 saturated carbocycles. The van der Waals surface area contributed by atoms with Crippen LogP contribution < -0.4 is 15.5 Å². The van der Waals surface area contributed by atoms with Crippen LogP contribution in [0, 0.1) is 5.82 Å². The molecule has 0 unspecified atom stereocenters. The maximum atomic E-state index is 13.5. The summed E-state index contributed by atoms with van der Waals surface area (Å²) in [6.45, 7) is 6.68. The highest BCUT2D eigenvalue weighted by Gasteiger charge is 2.21. The molecule has 28 heavy (non-hydrogen) atoms. The van der Waals surface area contributed by atoms with Gasteiger partial charge in [0.25, 0.3) is 0 Å². The molecule has 1 aliphatic heterocycles. The summed E-state index contributed by atoms with van der Waals surface area (Å²) < 4.78 is 13.5. The highest BCUT2D eigenvalue weighted by Crippen LogP contribution is 2.22. The van der Waals surface area contributed by atoms with Gasteiger partial charge in [-0.25, -0.2) is 4.39 Å². The molecule has 2 fully saturated rings. The average molecular weight is 390 g/mol. The highest BCUT2D eigenvalue weighted by atomic mass is 19.1. The standard InChI is InChI=1S/C22H36FN5/c1-3-24-22(25-13-16-27(2)20-8-4-5-9-20)26-19-11-14-28(15-12-19)21-10-6-7-18(23)17-21/h6-7,10,17,19-20H,3-5,8-9,11-16H2,1-2H3,(H2,24,25,26). The summed E-state index contributed by atoms with van der Waals surface area (Å²) in [5, 5.41) is 6.98. The van der Waals surface area contributed by atoms with Crippen molar-refractivity contribution in [3.8, 4) is 0 Å². The van der Waals surface area contributed by atoms with E-state index in [2.05, 4.69) is 34.4 Å². The topological polar surface area (TPSA) is 42.9 Å². The second-order valence-electron chi connectivity index (χ2n) is 8.07. The molecule has 2 N–H and O–H groups in total. The number of aliphatic imine (C=N–C) groups is 1. The Bertz CT molecular complexity index is 621. The molecule has 0 spiro atoms. The van der Waals surface area contributed by atoms with E-state index in [-0.39, 0.29) is 5.82 Å². The second-order valence-corrected chi connectivity index (χ2v) is 8.07. The van der Waals surface area contributed by atoms with Gasteiger partial charge in [0.1, 0.15) is 5.82 Å². The predicted octanol–water partition coefficient (Wildman–Crippen LogP) is 3.22. The van der Waals surface area contributed by atoms with E-state index in [1.54, 1.807) is 12.1 Å². The zero-order valence-electron chi connectivity index (χ0n) is 17.5. The van der Waals surface area contributed by atoms with E-state index in [9.17, 15) is 4.39 Å². The molecule has 5 nitrogen and oxygen atoms in total. The number of hydrogen-bond donors (Lipinski definition) is 2. The molecule has 1 aromatic rings. The van der Waals surface area contributed by atoms with Gasteiger partial charge in [-0.1, -0.05) is 18.9 Å². The number of likely N-dealkylation sites (N-methyl/N-ethyl adjacent to an activating group) is 1. The second kappa shape index (κ2) is 10.6. The summed E-state index contributed by atoms with van der Waals surface area (Å²) in [7, 11) is 2.23. The van der Waals surface area contributed by atoms with Gasteiger partial charge >= 0.3 is 0 Å². The number of hydrogen-bond acceptors (Lipinski definition) is 3. The molecule has 0 bridgehead atoms. The predicted molar refractivity (Wildman–Crippen MR) is 116 cm³/mol. The number of nitrogens with one attached hydrogen (secondary N) is 2. The van der Waals surface area contributed by atoms with Crippen molar-refractivity contribution in [1.29, 1.82) is 0 Å². The van der Waals surface area contributed by atoms with Crippen LogP contribution in [0.25, 0.3) is 0 Å². The van der Waals surface area contributed by atoms with Crippen LogP contribution in [0.4, 0.5) is 10.1 Å². The molecule has 1 saturated heterocycles. The number of piperidine rings is 1. The van der Waals surface area contributed by atoms with Crippen molar-refractivity contribution in [1.82, 2.24) is 15.5 Å². The van der Waals surface area contributed by atoms with E-state index in [0.29, 0.717) is 6.04 Å². The van der Waals surface area contributed by atoms with Crippen molar-refractivity contribution in [2.24, 2.45) is 4.99 Å². The third-order valence-electron chi connectivity index (χ3n) is 6.02. The van der Waals surface area contributed by atoms with Gasteiger partial charge in [0, 0.05) is 44.0 Å². The number of halogens is 1. The van der Waals surface area contributed by atoms with Crippen LogP contribution in [0.1, 0.15) is 45.4 Å². The molecular formula is C22H36FN5. The van der Waals surface area contributed by atoms with E-state index in [4.69, 9.17) is 4.99 Å². The molecule has 1 aromatic carbocycles. The fourth-order valence-electron chi connectivity index (χ4n) is 4.32. The Kier molecular flexibility index (Phi) is 7.95. The first-order chi connectivity index (χ1) is 13.7. The van der Waals surface area contributed by atoms with Crippen LogP contribution in [0.15, 0.2) is 29.3 Å². The van der Waals surface area contributed by atoms with Crippen molar-refractivity contribution < 1.29 is 4.39 Å². The summed E-state index contributed by atoms with van der Waals surface area (Å²) in [4.78, 5) is 9.53. The SMILES string of the molecule is CCNC(=NCCN(C)C1CCCC1)NC1CCN(c2cccc(F)c2)CC1. The summed E-state index contributed by atoms with van der Waals surface area (Å²) in [6, 6.07) is 8.06. The summed E-state index contributed by atoms with van der Waals surface area (Å²) in [6.07, 6.45) is 7.48. The van der Waals surface area contributed by atoms with Gasteiger partial charge < -0.3 is 20.4 Å². The average Bonchev–Trinajstić information content (AvgIpc) is 3.23. The molecule has 0 radical (unpaired) electrons. The first-order valence-corrected chi connectivity index (χ1v) is 10.9. The monoisotopic (exact) mass is 389 g/mol. The normalized spacial score (nSPS) is 19.4. The number of nitrogens with zero attached hydrogens (tertiary/aromatic N) is 3. The Morgan fingerprint density at radius 2 is 1.96 bits per heavy atom. The molecule has 3 rings (SSSR count). The first kappa shape index (κ1) is 20.9. The fraction of sp³-hybridized carbons (Fsp3) is 0.682. The minimum absolute atomic E-state index is 0.165. The summed E-state index contributed by atoms with van der Waals surface area (Å²) in [5.74, 6) is 0.758. The van der Waals surface area contributed by atoms with Crippen LogP contribution in [-0.2, 0) is 0 Å². The number of guanidine groups is 1. The lowest BCUT2D eigenvalue weighted by atomic mass is 10.0. The lowest BCUT2D eigenvalue weighted by Crippen LogP contribution is -2.49. The highest BCUT2D eigenvalue weighted by molar-refractivity contribution is 5.80. The van der Waals surface area contributed by atoms with Gasteiger partial charge in [-0.05, 0) is 57.9 Å². The van der Waals surface area contributed by atoms with Crippen LogP contribution in [0.5, 0.6) is 0 Å².